The lowest BCUT2D eigenvalue weighted by Crippen LogP contribution is -2.30. The van der Waals surface area contributed by atoms with Crippen molar-refractivity contribution in [3.05, 3.63) is 65.9 Å². The van der Waals surface area contributed by atoms with Crippen molar-refractivity contribution in [3.63, 3.8) is 0 Å². The molecule has 1 atom stereocenters. The first kappa shape index (κ1) is 12.7. The Labute approximate surface area is 116 Å². The standard InChI is InChI=1S/C15H15N5/c1-10-8-19-13(9-18-10)15(20-16)12-6-2-4-11-5-3-7-17-14(11)12/h2-9,15,20H,16H2,1H3. The van der Waals surface area contributed by atoms with Crippen LogP contribution in [0, 0.1) is 6.92 Å². The molecule has 3 rings (SSSR count). The Bertz CT molecular complexity index is 718. The highest BCUT2D eigenvalue weighted by atomic mass is 15.2. The molecule has 20 heavy (non-hydrogen) atoms. The van der Waals surface area contributed by atoms with Crippen LogP contribution in [-0.2, 0) is 0 Å². The Balaban J connectivity index is 2.14. The van der Waals surface area contributed by atoms with Crippen molar-refractivity contribution >= 4 is 10.9 Å². The maximum absolute atomic E-state index is 5.72. The van der Waals surface area contributed by atoms with E-state index in [1.807, 2.05) is 37.3 Å². The molecule has 100 valence electrons. The number of para-hydroxylation sites is 1. The number of fused-ring (bicyclic) bond motifs is 1. The number of aryl methyl sites for hydroxylation is 1. The molecule has 0 spiro atoms. The number of nitrogens with one attached hydrogen (secondary N) is 1. The van der Waals surface area contributed by atoms with Gasteiger partial charge in [0.25, 0.3) is 0 Å². The van der Waals surface area contributed by atoms with Crippen LogP contribution in [0.25, 0.3) is 10.9 Å². The van der Waals surface area contributed by atoms with Gasteiger partial charge in [-0.2, -0.15) is 0 Å². The molecule has 0 radical (unpaired) electrons. The summed E-state index contributed by atoms with van der Waals surface area (Å²) in [7, 11) is 0. The zero-order chi connectivity index (χ0) is 13.9. The largest absolute Gasteiger partial charge is 0.271 e. The van der Waals surface area contributed by atoms with Crippen molar-refractivity contribution in [2.24, 2.45) is 5.84 Å². The minimum absolute atomic E-state index is 0.235. The third kappa shape index (κ3) is 2.24. The number of nitrogens with zero attached hydrogens (tertiary/aromatic N) is 3. The number of benzene rings is 1. The summed E-state index contributed by atoms with van der Waals surface area (Å²) < 4.78 is 0. The lowest BCUT2D eigenvalue weighted by Gasteiger charge is -2.17. The summed E-state index contributed by atoms with van der Waals surface area (Å²) in [5, 5.41) is 1.07. The number of pyridine rings is 1. The van der Waals surface area contributed by atoms with E-state index in [2.05, 4.69) is 20.4 Å². The number of nitrogens with two attached hydrogens (primary N) is 1. The SMILES string of the molecule is Cc1cnc(C(NN)c2cccc3cccnc23)cn1. The molecule has 2 aromatic heterocycles. The lowest BCUT2D eigenvalue weighted by atomic mass is 10.0. The van der Waals surface area contributed by atoms with E-state index in [4.69, 9.17) is 5.84 Å². The van der Waals surface area contributed by atoms with Crippen LogP contribution in [0.15, 0.2) is 48.9 Å². The van der Waals surface area contributed by atoms with Gasteiger partial charge in [-0.05, 0) is 13.0 Å². The zero-order valence-electron chi connectivity index (χ0n) is 11.1. The van der Waals surface area contributed by atoms with Crippen LogP contribution in [-0.4, -0.2) is 15.0 Å². The van der Waals surface area contributed by atoms with Gasteiger partial charge in [-0.25, -0.2) is 5.43 Å². The lowest BCUT2D eigenvalue weighted by molar-refractivity contribution is 0.620. The molecule has 0 bridgehead atoms. The van der Waals surface area contributed by atoms with Gasteiger partial charge in [0.05, 0.1) is 29.1 Å². The Morgan fingerprint density at radius 2 is 1.90 bits per heavy atom. The quantitative estimate of drug-likeness (QED) is 0.558. The Hall–Kier alpha value is -2.37. The van der Waals surface area contributed by atoms with Crippen molar-refractivity contribution in [2.75, 3.05) is 0 Å². The summed E-state index contributed by atoms with van der Waals surface area (Å²) in [6, 6.07) is 9.73. The molecule has 2 heterocycles. The maximum Gasteiger partial charge on any atom is 0.0918 e. The van der Waals surface area contributed by atoms with Crippen molar-refractivity contribution < 1.29 is 0 Å². The average molecular weight is 265 g/mol. The van der Waals surface area contributed by atoms with Crippen LogP contribution in [0.5, 0.6) is 0 Å². The minimum Gasteiger partial charge on any atom is -0.271 e. The second-order valence-corrected chi connectivity index (χ2v) is 4.60. The van der Waals surface area contributed by atoms with E-state index in [1.165, 1.54) is 0 Å². The van der Waals surface area contributed by atoms with E-state index < -0.39 is 0 Å². The number of hydrazine groups is 1. The predicted octanol–water partition coefficient (Wildman–Crippen LogP) is 1.89. The molecule has 1 unspecified atom stereocenters. The van der Waals surface area contributed by atoms with Gasteiger partial charge in [0, 0.05) is 23.3 Å². The molecule has 3 aromatic rings. The highest BCUT2D eigenvalue weighted by Gasteiger charge is 2.17. The van der Waals surface area contributed by atoms with Gasteiger partial charge in [0.1, 0.15) is 0 Å². The van der Waals surface area contributed by atoms with Gasteiger partial charge < -0.3 is 0 Å². The highest BCUT2D eigenvalue weighted by Crippen LogP contribution is 2.25. The van der Waals surface area contributed by atoms with Crippen molar-refractivity contribution in [1.29, 1.82) is 0 Å². The van der Waals surface area contributed by atoms with E-state index in [-0.39, 0.29) is 6.04 Å². The molecule has 0 amide bonds. The van der Waals surface area contributed by atoms with E-state index >= 15 is 0 Å². The molecule has 3 N–H and O–H groups in total. The summed E-state index contributed by atoms with van der Waals surface area (Å²) in [4.78, 5) is 13.1. The van der Waals surface area contributed by atoms with Gasteiger partial charge in [0.2, 0.25) is 0 Å². The number of rotatable bonds is 3. The first-order valence-corrected chi connectivity index (χ1v) is 6.38. The van der Waals surface area contributed by atoms with Crippen LogP contribution in [0.2, 0.25) is 0 Å². The fraction of sp³-hybridized carbons (Fsp3) is 0.133. The van der Waals surface area contributed by atoms with E-state index in [0.29, 0.717) is 0 Å². The van der Waals surface area contributed by atoms with Crippen LogP contribution in [0.1, 0.15) is 23.0 Å². The van der Waals surface area contributed by atoms with Crippen molar-refractivity contribution in [1.82, 2.24) is 20.4 Å². The maximum atomic E-state index is 5.72. The molecule has 1 aromatic carbocycles. The molecule has 0 saturated heterocycles. The highest BCUT2D eigenvalue weighted by molar-refractivity contribution is 5.82. The van der Waals surface area contributed by atoms with Gasteiger partial charge in [-0.15, -0.1) is 0 Å². The predicted molar refractivity (Wildman–Crippen MR) is 77.7 cm³/mol. The van der Waals surface area contributed by atoms with Crippen molar-refractivity contribution in [2.45, 2.75) is 13.0 Å². The fourth-order valence-corrected chi connectivity index (χ4v) is 2.25. The zero-order valence-corrected chi connectivity index (χ0v) is 11.1. The second-order valence-electron chi connectivity index (χ2n) is 4.60. The van der Waals surface area contributed by atoms with Crippen molar-refractivity contribution in [3.8, 4) is 0 Å². The molecule has 0 aliphatic rings. The molecule has 0 saturated carbocycles. The molecule has 0 aliphatic carbocycles. The first-order chi connectivity index (χ1) is 9.79. The third-order valence-electron chi connectivity index (χ3n) is 3.24. The average Bonchev–Trinajstić information content (AvgIpc) is 2.50. The molecule has 5 nitrogen and oxygen atoms in total. The van der Waals surface area contributed by atoms with Gasteiger partial charge in [0.15, 0.2) is 0 Å². The van der Waals surface area contributed by atoms with E-state index in [9.17, 15) is 0 Å². The van der Waals surface area contributed by atoms with Crippen LogP contribution >= 0.6 is 0 Å². The van der Waals surface area contributed by atoms with Crippen LogP contribution in [0.3, 0.4) is 0 Å². The molecular formula is C15H15N5. The third-order valence-corrected chi connectivity index (χ3v) is 3.24. The van der Waals surface area contributed by atoms with Crippen LogP contribution in [0.4, 0.5) is 0 Å². The summed E-state index contributed by atoms with van der Waals surface area (Å²) in [5.41, 5.74) is 6.36. The fourth-order valence-electron chi connectivity index (χ4n) is 2.25. The topological polar surface area (TPSA) is 76.7 Å². The number of aromatic nitrogens is 3. The van der Waals surface area contributed by atoms with E-state index in [1.54, 1.807) is 18.6 Å². The Morgan fingerprint density at radius 1 is 1.05 bits per heavy atom. The van der Waals surface area contributed by atoms with E-state index in [0.717, 1.165) is 27.9 Å². The number of hydrogen-bond donors (Lipinski definition) is 2. The molecule has 0 fully saturated rings. The second kappa shape index (κ2) is 5.32. The first-order valence-electron chi connectivity index (χ1n) is 6.38. The smallest absolute Gasteiger partial charge is 0.0918 e. The summed E-state index contributed by atoms with van der Waals surface area (Å²) in [6.07, 6.45) is 5.25. The van der Waals surface area contributed by atoms with Gasteiger partial charge in [-0.3, -0.25) is 20.8 Å². The van der Waals surface area contributed by atoms with Crippen LogP contribution < -0.4 is 11.3 Å². The normalized spacial score (nSPS) is 12.5. The summed E-state index contributed by atoms with van der Waals surface area (Å²) in [6.45, 7) is 1.90. The Morgan fingerprint density at radius 3 is 2.65 bits per heavy atom. The minimum atomic E-state index is -0.235. The molecular weight excluding hydrogens is 250 g/mol. The van der Waals surface area contributed by atoms with Gasteiger partial charge in [-0.1, -0.05) is 24.3 Å². The number of hydrogen-bond acceptors (Lipinski definition) is 5. The molecule has 5 heteroatoms. The summed E-state index contributed by atoms with van der Waals surface area (Å²) >= 11 is 0. The summed E-state index contributed by atoms with van der Waals surface area (Å²) in [5.74, 6) is 5.72. The van der Waals surface area contributed by atoms with Gasteiger partial charge >= 0.3 is 0 Å². The molecule has 0 aliphatic heterocycles. The Kier molecular flexibility index (Phi) is 3.37. The monoisotopic (exact) mass is 265 g/mol.